The van der Waals surface area contributed by atoms with Gasteiger partial charge in [0.2, 0.25) is 0 Å². The predicted octanol–water partition coefficient (Wildman–Crippen LogP) is -0.796. The summed E-state index contributed by atoms with van der Waals surface area (Å²) in [5.41, 5.74) is 6.09. The van der Waals surface area contributed by atoms with Crippen molar-refractivity contribution in [3.63, 3.8) is 0 Å². The number of aliphatic hydroxyl groups is 2. The zero-order valence-corrected chi connectivity index (χ0v) is 21.1. The van der Waals surface area contributed by atoms with Crippen LogP contribution < -0.4 is 11.9 Å². The van der Waals surface area contributed by atoms with Crippen molar-refractivity contribution < 1.29 is 65.7 Å². The normalized spacial score (nSPS) is 25.8. The molecule has 1 saturated heterocycles. The first-order chi connectivity index (χ1) is 16.3. The number of phosphoric acid groups is 3. The van der Waals surface area contributed by atoms with Gasteiger partial charge in [-0.1, -0.05) is 0 Å². The summed E-state index contributed by atoms with van der Waals surface area (Å²) in [7, 11) is -15.0. The molecule has 1 aliphatic rings. The second-order valence-corrected chi connectivity index (χ2v) is 11.5. The van der Waals surface area contributed by atoms with E-state index in [2.05, 4.69) is 28.3 Å². The number of hydrogen-bond donors (Lipinski definition) is 7. The third-order valence-electron chi connectivity index (χ3n) is 4.34. The van der Waals surface area contributed by atoms with Gasteiger partial charge < -0.3 is 46.3 Å². The Morgan fingerprint density at radius 3 is 2.39 bits per heavy atom. The van der Waals surface area contributed by atoms with Crippen molar-refractivity contribution in [3.05, 3.63) is 12.7 Å². The number of nitrogens with zero attached hydrogens (tertiary/aromatic N) is 4. The minimum absolute atomic E-state index is 0. The minimum atomic E-state index is -5.66. The first-order valence-electron chi connectivity index (χ1n) is 9.39. The highest BCUT2D eigenvalue weighted by molar-refractivity contribution is 7.66. The molecule has 0 spiro atoms. The molecule has 0 amide bonds. The number of imidazole rings is 1. The Kier molecular flexibility index (Phi) is 10.2. The number of aromatic nitrogens is 4. The number of methoxy groups -OCH3 is 1. The molecule has 3 rings (SSSR count). The Labute approximate surface area is 202 Å². The van der Waals surface area contributed by atoms with Crippen LogP contribution in [0, 0.1) is 0 Å². The number of aliphatic hydroxyl groups excluding tert-OH is 2. The van der Waals surface area contributed by atoms with Crippen LogP contribution in [0.3, 0.4) is 0 Å². The van der Waals surface area contributed by atoms with Crippen LogP contribution in [-0.4, -0.2) is 89.7 Å². The highest BCUT2D eigenvalue weighted by Crippen LogP contribution is 2.68. The third-order valence-corrected chi connectivity index (χ3v) is 8.61. The lowest BCUT2D eigenvalue weighted by Crippen LogP contribution is -2.33. The van der Waals surface area contributed by atoms with Crippen molar-refractivity contribution in [2.24, 2.45) is 0 Å². The summed E-state index contributed by atoms with van der Waals surface area (Å²) in [5, 5.41) is 20.8. The van der Waals surface area contributed by atoms with Crippen molar-refractivity contribution in [2.45, 2.75) is 24.5 Å². The lowest BCUT2D eigenvalue weighted by molar-refractivity contribution is -0.0516. The average molecular weight is 582 g/mol. The highest BCUT2D eigenvalue weighted by atomic mass is 31.3. The number of ether oxygens (including phenoxy) is 2. The van der Waals surface area contributed by atoms with E-state index >= 15 is 0 Å². The second-order valence-electron chi connectivity index (χ2n) is 6.82. The van der Waals surface area contributed by atoms with Crippen LogP contribution in [0.2, 0.25) is 0 Å². The van der Waals surface area contributed by atoms with E-state index in [1.54, 1.807) is 0 Å². The lowest BCUT2D eigenvalue weighted by Gasteiger charge is -2.22. The number of fused-ring (bicyclic) bond motifs is 1. The molecule has 1 aliphatic heterocycles. The summed E-state index contributed by atoms with van der Waals surface area (Å²) in [6.45, 7) is -1.54. The highest BCUT2D eigenvalue weighted by Gasteiger charge is 2.47. The van der Waals surface area contributed by atoms with E-state index in [9.17, 15) is 28.8 Å². The molecular formula is C13H25N6O14P3. The van der Waals surface area contributed by atoms with Crippen molar-refractivity contribution >= 4 is 40.4 Å². The molecule has 1 fully saturated rings. The second kappa shape index (κ2) is 12.0. The molecule has 2 aromatic rings. The fourth-order valence-corrected chi connectivity index (χ4v) is 6.46. The van der Waals surface area contributed by atoms with Crippen LogP contribution in [0.4, 0.5) is 5.82 Å². The van der Waals surface area contributed by atoms with Gasteiger partial charge in [-0.25, -0.2) is 28.6 Å². The first-order valence-corrected chi connectivity index (χ1v) is 13.9. The van der Waals surface area contributed by atoms with Crippen LogP contribution in [-0.2, 0) is 40.8 Å². The Morgan fingerprint density at radius 1 is 1.06 bits per heavy atom. The molecule has 0 aliphatic carbocycles. The molecule has 10 N–H and O–H groups in total. The molecule has 3 heterocycles. The smallest absolute Gasteiger partial charge is 0.387 e. The van der Waals surface area contributed by atoms with E-state index in [0.29, 0.717) is 0 Å². The number of nitrogen functional groups attached to an aromatic ring is 1. The summed E-state index contributed by atoms with van der Waals surface area (Å²) >= 11 is 0. The molecule has 0 radical (unpaired) electrons. The molecule has 2 unspecified atom stereocenters. The van der Waals surface area contributed by atoms with Crippen LogP contribution in [0.5, 0.6) is 0 Å². The molecule has 206 valence electrons. The summed E-state index contributed by atoms with van der Waals surface area (Å²) in [4.78, 5) is 38.8. The predicted molar refractivity (Wildman–Crippen MR) is 116 cm³/mol. The van der Waals surface area contributed by atoms with Crippen molar-refractivity contribution in [1.29, 1.82) is 0 Å². The van der Waals surface area contributed by atoms with Gasteiger partial charge in [0.25, 0.3) is 0 Å². The number of phosphoric ester groups is 1. The maximum Gasteiger partial charge on any atom is 0.490 e. The fourth-order valence-electron chi connectivity index (χ4n) is 2.91. The van der Waals surface area contributed by atoms with Crippen LogP contribution >= 0.6 is 23.5 Å². The van der Waals surface area contributed by atoms with E-state index in [1.165, 1.54) is 18.0 Å². The lowest BCUT2D eigenvalue weighted by atomic mass is 10.1. The first kappa shape index (κ1) is 30.8. The van der Waals surface area contributed by atoms with E-state index in [1.807, 2.05) is 0 Å². The topological polar surface area (TPSA) is 312 Å². The van der Waals surface area contributed by atoms with E-state index in [-0.39, 0.29) is 29.7 Å². The Morgan fingerprint density at radius 2 is 1.75 bits per heavy atom. The Bertz CT molecular complexity index is 1180. The van der Waals surface area contributed by atoms with Gasteiger partial charge in [0.1, 0.15) is 30.2 Å². The number of anilines is 1. The van der Waals surface area contributed by atoms with Gasteiger partial charge in [0.15, 0.2) is 17.7 Å². The quantitative estimate of drug-likeness (QED) is 0.119. The summed E-state index contributed by atoms with van der Waals surface area (Å²) in [5.74, 6) is 0.0546. The average Bonchev–Trinajstić information content (AvgIpc) is 3.27. The van der Waals surface area contributed by atoms with E-state index in [0.717, 1.165) is 6.33 Å². The van der Waals surface area contributed by atoms with Gasteiger partial charge in [-0.3, -0.25) is 13.6 Å². The summed E-state index contributed by atoms with van der Waals surface area (Å²) in [6.07, 6.45) is -3.52. The number of rotatable bonds is 12. The molecule has 6 atom stereocenters. The SMILES string of the molecule is COCCOP(=O)(OC[C@H]1O[C@@H](n2cnc3c(N)ncnc32)[C@H](O)[C@@H]1O)OP(=O)(O)OP(=O)(O)O.N. The van der Waals surface area contributed by atoms with Crippen molar-refractivity contribution in [1.82, 2.24) is 25.7 Å². The zero-order valence-electron chi connectivity index (χ0n) is 18.4. The summed E-state index contributed by atoms with van der Waals surface area (Å²) in [6, 6.07) is 0. The van der Waals surface area contributed by atoms with Crippen molar-refractivity contribution in [3.8, 4) is 0 Å². The van der Waals surface area contributed by atoms with Crippen LogP contribution in [0.15, 0.2) is 12.7 Å². The van der Waals surface area contributed by atoms with E-state index in [4.69, 9.17) is 29.3 Å². The maximum absolute atomic E-state index is 12.8. The van der Waals surface area contributed by atoms with Gasteiger partial charge in [-0.2, -0.15) is 8.62 Å². The molecule has 2 aromatic heterocycles. The Balaban J connectivity index is 0.00000456. The van der Waals surface area contributed by atoms with Gasteiger partial charge in [-0.15, -0.1) is 0 Å². The van der Waals surface area contributed by atoms with Gasteiger partial charge in [-0.05, 0) is 0 Å². The fraction of sp³-hybridized carbons (Fsp3) is 0.615. The number of hydrogen-bond acceptors (Lipinski definition) is 16. The molecular weight excluding hydrogens is 557 g/mol. The van der Waals surface area contributed by atoms with Crippen molar-refractivity contribution in [2.75, 3.05) is 32.7 Å². The van der Waals surface area contributed by atoms with Gasteiger partial charge >= 0.3 is 23.5 Å². The molecule has 36 heavy (non-hydrogen) atoms. The number of nitrogens with two attached hydrogens (primary N) is 1. The molecule has 20 nitrogen and oxygen atoms in total. The van der Waals surface area contributed by atoms with Gasteiger partial charge in [0.05, 0.1) is 26.1 Å². The largest absolute Gasteiger partial charge is 0.490 e. The van der Waals surface area contributed by atoms with E-state index < -0.39 is 61.2 Å². The van der Waals surface area contributed by atoms with Crippen LogP contribution in [0.1, 0.15) is 6.23 Å². The molecule has 23 heteroatoms. The third kappa shape index (κ3) is 7.55. The maximum atomic E-state index is 12.8. The molecule has 0 bridgehead atoms. The van der Waals surface area contributed by atoms with Crippen LogP contribution in [0.25, 0.3) is 11.2 Å². The summed E-state index contributed by atoms with van der Waals surface area (Å²) < 4.78 is 64.6. The monoisotopic (exact) mass is 582 g/mol. The minimum Gasteiger partial charge on any atom is -0.387 e. The zero-order chi connectivity index (χ0) is 26.0. The Hall–Kier alpha value is -1.44. The van der Waals surface area contributed by atoms with Gasteiger partial charge in [0, 0.05) is 7.11 Å². The molecule has 0 aromatic carbocycles. The molecule has 0 saturated carbocycles. The standard InChI is InChI=1S/C13H22N5O14P3.H3N/c1-27-2-3-28-35(26,32-34(24,25)31-33(21,22)23)29-4-7-9(19)10(20)13(30-7)18-6-17-8-11(14)15-5-16-12(8)18;/h5-7,9-10,13,19-20H,2-4H2,1H3,(H,24,25)(H2,14,15,16)(H2,21,22,23);1H3/t7-,9-,10-,13-,35?;/m1./s1.